The Bertz CT molecular complexity index is 932. The first-order valence-corrected chi connectivity index (χ1v) is 10.3. The van der Waals surface area contributed by atoms with Gasteiger partial charge < -0.3 is 4.90 Å². The summed E-state index contributed by atoms with van der Waals surface area (Å²) >= 11 is 7.70. The highest BCUT2D eigenvalue weighted by molar-refractivity contribution is 14.1. The van der Waals surface area contributed by atoms with Crippen LogP contribution in [-0.2, 0) is 0 Å². The molecule has 0 aromatic heterocycles. The zero-order chi connectivity index (χ0) is 21.7. The van der Waals surface area contributed by atoms with Crippen molar-refractivity contribution in [2.45, 2.75) is 20.3 Å². The van der Waals surface area contributed by atoms with E-state index < -0.39 is 30.2 Å². The van der Waals surface area contributed by atoms with Gasteiger partial charge in [0.05, 0.1) is 17.8 Å². The Morgan fingerprint density at radius 2 is 1.62 bits per heavy atom. The van der Waals surface area contributed by atoms with Crippen LogP contribution in [0.4, 0.5) is 17.6 Å². The molecule has 0 radical (unpaired) electrons. The van der Waals surface area contributed by atoms with Gasteiger partial charge in [-0.15, -0.1) is 0 Å². The van der Waals surface area contributed by atoms with E-state index in [4.69, 9.17) is 11.6 Å². The normalized spacial score (nSPS) is 14.0. The number of hydrogen-bond acceptors (Lipinski definition) is 1. The fourth-order valence-electron chi connectivity index (χ4n) is 2.90. The molecule has 1 heterocycles. The van der Waals surface area contributed by atoms with Crippen molar-refractivity contribution in [3.05, 3.63) is 92.2 Å². The zero-order valence-electron chi connectivity index (χ0n) is 15.8. The minimum atomic E-state index is -2.73. The second-order valence-electron chi connectivity index (χ2n) is 5.81. The summed E-state index contributed by atoms with van der Waals surface area (Å²) in [5.41, 5.74) is 0.897. The Balaban J connectivity index is 0.00000145. The molecule has 0 amide bonds. The summed E-state index contributed by atoms with van der Waals surface area (Å²) in [6, 6.07) is 10.7. The average molecular weight is 536 g/mol. The van der Waals surface area contributed by atoms with Gasteiger partial charge in [0, 0.05) is 19.9 Å². The van der Waals surface area contributed by atoms with Gasteiger partial charge in [-0.3, -0.25) is 0 Å². The molecule has 7 heteroatoms. The first-order valence-electron chi connectivity index (χ1n) is 8.86. The van der Waals surface area contributed by atoms with Crippen molar-refractivity contribution < 1.29 is 17.6 Å². The maximum absolute atomic E-state index is 14.7. The number of hydrogen-bond donors (Lipinski definition) is 0. The van der Waals surface area contributed by atoms with Crippen LogP contribution in [0, 0.1) is 11.6 Å². The molecule has 0 bridgehead atoms. The van der Waals surface area contributed by atoms with Crippen LogP contribution in [0.3, 0.4) is 0 Å². The van der Waals surface area contributed by atoms with Gasteiger partial charge in [-0.1, -0.05) is 62.4 Å². The fourth-order valence-corrected chi connectivity index (χ4v) is 3.70. The molecule has 0 aliphatic carbocycles. The van der Waals surface area contributed by atoms with Crippen molar-refractivity contribution in [1.82, 2.24) is 4.90 Å². The van der Waals surface area contributed by atoms with Crippen LogP contribution >= 0.6 is 34.2 Å². The number of nitrogens with zero attached hydrogens (tertiary/aromatic N) is 1. The fraction of sp³-hybridized carbons (Fsp3) is 0.182. The highest BCUT2D eigenvalue weighted by atomic mass is 127. The summed E-state index contributed by atoms with van der Waals surface area (Å²) in [5.74, 6) is -1.86. The summed E-state index contributed by atoms with van der Waals surface area (Å²) < 4.78 is 56.5. The Labute approximate surface area is 186 Å². The van der Waals surface area contributed by atoms with E-state index in [9.17, 15) is 17.6 Å². The summed E-state index contributed by atoms with van der Waals surface area (Å²) in [4.78, 5) is 1.16. The Morgan fingerprint density at radius 1 is 1.07 bits per heavy atom. The number of benzene rings is 2. The van der Waals surface area contributed by atoms with Gasteiger partial charge in [0.25, 0.3) is 6.43 Å². The third-order valence-electron chi connectivity index (χ3n) is 4.05. The van der Waals surface area contributed by atoms with Gasteiger partial charge in [-0.25, -0.2) is 17.6 Å². The smallest absolute Gasteiger partial charge is 0.256 e. The Hall–Kier alpha value is -1.80. The van der Waals surface area contributed by atoms with Gasteiger partial charge in [0.15, 0.2) is 0 Å². The van der Waals surface area contributed by atoms with Crippen molar-refractivity contribution in [3.8, 4) is 0 Å². The van der Waals surface area contributed by atoms with Crippen LogP contribution < -0.4 is 0 Å². The van der Waals surface area contributed by atoms with Crippen LogP contribution in [-0.4, -0.2) is 17.9 Å². The molecule has 0 unspecified atom stereocenters. The molecule has 1 aliphatic rings. The van der Waals surface area contributed by atoms with Crippen molar-refractivity contribution in [1.29, 1.82) is 0 Å². The molecule has 3 rings (SSSR count). The van der Waals surface area contributed by atoms with E-state index in [1.54, 1.807) is 36.4 Å². The van der Waals surface area contributed by atoms with Gasteiger partial charge in [0.1, 0.15) is 11.6 Å². The first-order chi connectivity index (χ1) is 13.8. The lowest BCUT2D eigenvalue weighted by Gasteiger charge is -2.34. The van der Waals surface area contributed by atoms with Gasteiger partial charge in [-0.05, 0) is 46.4 Å². The summed E-state index contributed by atoms with van der Waals surface area (Å²) in [5, 5.41) is -0.115. The van der Waals surface area contributed by atoms with E-state index in [2.05, 4.69) is 6.58 Å². The molecule has 0 fully saturated rings. The quantitative estimate of drug-likeness (QED) is 0.284. The molecular weight excluding hydrogens is 517 g/mol. The molecule has 0 N–H and O–H groups in total. The average Bonchev–Trinajstić information content (AvgIpc) is 2.68. The van der Waals surface area contributed by atoms with E-state index in [0.29, 0.717) is 14.7 Å². The third-order valence-corrected chi connectivity index (χ3v) is 5.20. The van der Waals surface area contributed by atoms with Gasteiger partial charge in [-0.2, -0.15) is 0 Å². The molecule has 0 atom stereocenters. The van der Waals surface area contributed by atoms with E-state index in [-0.39, 0.29) is 16.4 Å². The minimum absolute atomic E-state index is 0.00131. The second kappa shape index (κ2) is 10.3. The zero-order valence-corrected chi connectivity index (χ0v) is 18.7. The summed E-state index contributed by atoms with van der Waals surface area (Å²) in [6.45, 7) is 7.08. The van der Waals surface area contributed by atoms with Crippen molar-refractivity contribution in [2.24, 2.45) is 0 Å². The Morgan fingerprint density at radius 3 is 2.14 bits per heavy atom. The number of allylic oxidation sites excluding steroid dienone is 3. The third kappa shape index (κ3) is 5.22. The first kappa shape index (κ1) is 23.5. The standard InChI is InChI=1S/C20H13ClF4IN.C2H6/c1-11-17(26)9-14(12-5-3-2-4-6-12)20(27(11)10-18(24)25)19-15(22)7-13(21)8-16(19)23;1-2/h2-9,18H,1,10H2;1-2H3. The highest BCUT2D eigenvalue weighted by Gasteiger charge is 2.31. The monoisotopic (exact) mass is 535 g/mol. The highest BCUT2D eigenvalue weighted by Crippen LogP contribution is 2.43. The molecule has 154 valence electrons. The lowest BCUT2D eigenvalue weighted by atomic mass is 9.94. The van der Waals surface area contributed by atoms with Crippen molar-refractivity contribution in [3.63, 3.8) is 0 Å². The van der Waals surface area contributed by atoms with Crippen LogP contribution in [0.2, 0.25) is 5.02 Å². The van der Waals surface area contributed by atoms with Crippen molar-refractivity contribution >= 4 is 45.5 Å². The molecule has 2 aromatic carbocycles. The maximum atomic E-state index is 14.7. The SMILES string of the molecule is C=C1C(I)=CC(c2ccccc2)=C(c2c(F)cc(Cl)cc2F)N1CC(F)F.CC. The summed E-state index contributed by atoms with van der Waals surface area (Å²) in [6.07, 6.45) is -1.04. The predicted octanol–water partition coefficient (Wildman–Crippen LogP) is 7.93. The van der Waals surface area contributed by atoms with E-state index in [1.165, 1.54) is 0 Å². The number of halogens is 6. The van der Waals surface area contributed by atoms with E-state index >= 15 is 0 Å². The maximum Gasteiger partial charge on any atom is 0.256 e. The van der Waals surface area contributed by atoms with Crippen LogP contribution in [0.5, 0.6) is 0 Å². The van der Waals surface area contributed by atoms with Gasteiger partial charge in [0.2, 0.25) is 0 Å². The summed E-state index contributed by atoms with van der Waals surface area (Å²) in [7, 11) is 0. The molecule has 1 aliphatic heterocycles. The molecule has 0 saturated heterocycles. The molecule has 29 heavy (non-hydrogen) atoms. The van der Waals surface area contributed by atoms with Gasteiger partial charge >= 0.3 is 0 Å². The molecule has 0 spiro atoms. The lowest BCUT2D eigenvalue weighted by Crippen LogP contribution is -2.30. The lowest BCUT2D eigenvalue weighted by molar-refractivity contribution is 0.123. The van der Waals surface area contributed by atoms with Crippen LogP contribution in [0.25, 0.3) is 11.3 Å². The molecule has 2 aromatic rings. The number of alkyl halides is 2. The van der Waals surface area contributed by atoms with Crippen LogP contribution in [0.1, 0.15) is 25.0 Å². The predicted molar refractivity (Wildman–Crippen MR) is 120 cm³/mol. The molecule has 1 nitrogen and oxygen atoms in total. The van der Waals surface area contributed by atoms with Crippen molar-refractivity contribution in [2.75, 3.05) is 6.54 Å². The Kier molecular flexibility index (Phi) is 8.34. The number of rotatable bonds is 4. The largest absolute Gasteiger partial charge is 0.334 e. The topological polar surface area (TPSA) is 3.24 Å². The van der Waals surface area contributed by atoms with E-state index in [0.717, 1.165) is 17.0 Å². The minimum Gasteiger partial charge on any atom is -0.334 e. The molecular formula is C22H19ClF4IN. The van der Waals surface area contributed by atoms with E-state index in [1.807, 2.05) is 36.4 Å². The second-order valence-corrected chi connectivity index (χ2v) is 7.41. The van der Waals surface area contributed by atoms with Crippen LogP contribution in [0.15, 0.2) is 64.4 Å². The molecule has 0 saturated carbocycles.